The molecule has 2 aromatic carbocycles. The molecule has 0 radical (unpaired) electrons. The van der Waals surface area contributed by atoms with Crippen molar-refractivity contribution < 1.29 is 9.72 Å². The normalized spacial score (nSPS) is 11.7. The maximum Gasteiger partial charge on any atom is 0.269 e. The average Bonchev–Trinajstić information content (AvgIpc) is 2.47. The number of amides is 1. The molecule has 0 heterocycles. The lowest BCUT2D eigenvalue weighted by atomic mass is 10.2. The number of nitro groups is 1. The number of aryl methyl sites for hydroxylation is 1. The fourth-order valence-electron chi connectivity index (χ4n) is 1.87. The van der Waals surface area contributed by atoms with E-state index in [4.69, 9.17) is 0 Å². The molecule has 0 aliphatic carbocycles. The van der Waals surface area contributed by atoms with Gasteiger partial charge in [-0.2, -0.15) is 0 Å². The molecule has 1 unspecified atom stereocenters. The molecule has 0 bridgehead atoms. The van der Waals surface area contributed by atoms with E-state index in [0.717, 1.165) is 16.1 Å². The first-order valence-electron chi connectivity index (χ1n) is 6.74. The molecule has 1 amide bonds. The maximum atomic E-state index is 12.2. The van der Waals surface area contributed by atoms with Crippen LogP contribution >= 0.6 is 11.8 Å². The van der Waals surface area contributed by atoms with Crippen LogP contribution in [0.2, 0.25) is 0 Å². The van der Waals surface area contributed by atoms with Crippen molar-refractivity contribution in [2.45, 2.75) is 24.0 Å². The molecule has 0 fully saturated rings. The standard InChI is InChI=1S/C16H16N2O3S/c1-11-4-3-5-13(10-11)17-16(19)12(2)22-15-8-6-14(7-9-15)18(20)21/h3-10,12H,1-2H3,(H,17,19). The highest BCUT2D eigenvalue weighted by atomic mass is 32.2. The van der Waals surface area contributed by atoms with Crippen LogP contribution in [0, 0.1) is 17.0 Å². The number of benzene rings is 2. The second-order valence-electron chi connectivity index (χ2n) is 4.87. The summed E-state index contributed by atoms with van der Waals surface area (Å²) >= 11 is 1.36. The summed E-state index contributed by atoms with van der Waals surface area (Å²) in [5.41, 5.74) is 1.89. The third-order valence-corrected chi connectivity index (χ3v) is 4.13. The number of thioether (sulfide) groups is 1. The molecule has 2 aromatic rings. The lowest BCUT2D eigenvalue weighted by molar-refractivity contribution is -0.384. The maximum absolute atomic E-state index is 12.2. The summed E-state index contributed by atoms with van der Waals surface area (Å²) in [4.78, 5) is 23.1. The van der Waals surface area contributed by atoms with E-state index in [2.05, 4.69) is 5.32 Å². The number of nitrogens with zero attached hydrogens (tertiary/aromatic N) is 1. The zero-order valence-corrected chi connectivity index (χ0v) is 13.1. The van der Waals surface area contributed by atoms with E-state index in [0.29, 0.717) is 0 Å². The highest BCUT2D eigenvalue weighted by Crippen LogP contribution is 2.26. The molecule has 2 rings (SSSR count). The van der Waals surface area contributed by atoms with Crippen LogP contribution in [-0.2, 0) is 4.79 Å². The van der Waals surface area contributed by atoms with E-state index in [1.54, 1.807) is 19.1 Å². The molecule has 0 saturated heterocycles. The van der Waals surface area contributed by atoms with Gasteiger partial charge in [0, 0.05) is 22.7 Å². The molecular formula is C16H16N2O3S. The Labute approximate surface area is 132 Å². The molecule has 1 atom stereocenters. The van der Waals surface area contributed by atoms with E-state index >= 15 is 0 Å². The Kier molecular flexibility index (Phi) is 5.16. The van der Waals surface area contributed by atoms with Gasteiger partial charge >= 0.3 is 0 Å². The Hall–Kier alpha value is -2.34. The number of nitro benzene ring substituents is 1. The minimum absolute atomic E-state index is 0.0428. The molecule has 0 aliphatic heterocycles. The second-order valence-corrected chi connectivity index (χ2v) is 6.28. The van der Waals surface area contributed by atoms with Crippen molar-refractivity contribution in [1.29, 1.82) is 0 Å². The Bertz CT molecular complexity index is 686. The molecule has 6 heteroatoms. The van der Waals surface area contributed by atoms with E-state index in [1.807, 2.05) is 31.2 Å². The van der Waals surface area contributed by atoms with Gasteiger partial charge in [-0.25, -0.2) is 0 Å². The van der Waals surface area contributed by atoms with Gasteiger partial charge in [-0.05, 0) is 43.7 Å². The summed E-state index contributed by atoms with van der Waals surface area (Å²) in [6.07, 6.45) is 0. The van der Waals surface area contributed by atoms with Crippen molar-refractivity contribution in [1.82, 2.24) is 0 Å². The molecular weight excluding hydrogens is 300 g/mol. The van der Waals surface area contributed by atoms with E-state index in [9.17, 15) is 14.9 Å². The first kappa shape index (κ1) is 16.0. The topological polar surface area (TPSA) is 72.2 Å². The zero-order chi connectivity index (χ0) is 16.1. The van der Waals surface area contributed by atoms with Crippen LogP contribution in [-0.4, -0.2) is 16.1 Å². The van der Waals surface area contributed by atoms with Crippen molar-refractivity contribution in [2.24, 2.45) is 0 Å². The average molecular weight is 316 g/mol. The number of anilines is 1. The number of non-ortho nitro benzene ring substituents is 1. The first-order chi connectivity index (χ1) is 10.5. The quantitative estimate of drug-likeness (QED) is 0.513. The van der Waals surface area contributed by atoms with Crippen LogP contribution in [0.3, 0.4) is 0 Å². The SMILES string of the molecule is Cc1cccc(NC(=O)C(C)Sc2ccc([N+](=O)[O-])cc2)c1. The van der Waals surface area contributed by atoms with Gasteiger partial charge < -0.3 is 5.32 Å². The minimum Gasteiger partial charge on any atom is -0.325 e. The summed E-state index contributed by atoms with van der Waals surface area (Å²) < 4.78 is 0. The Balaban J connectivity index is 1.97. The lowest BCUT2D eigenvalue weighted by Gasteiger charge is -2.12. The van der Waals surface area contributed by atoms with Crippen LogP contribution in [0.25, 0.3) is 0 Å². The Morgan fingerprint density at radius 2 is 1.91 bits per heavy atom. The summed E-state index contributed by atoms with van der Waals surface area (Å²) in [7, 11) is 0. The van der Waals surface area contributed by atoms with Crippen molar-refractivity contribution >= 4 is 29.0 Å². The van der Waals surface area contributed by atoms with Crippen LogP contribution in [0.15, 0.2) is 53.4 Å². The summed E-state index contributed by atoms with van der Waals surface area (Å²) in [6.45, 7) is 3.77. The zero-order valence-electron chi connectivity index (χ0n) is 12.3. The van der Waals surface area contributed by atoms with Gasteiger partial charge in [0.15, 0.2) is 0 Å². The van der Waals surface area contributed by atoms with E-state index in [-0.39, 0.29) is 16.8 Å². The largest absolute Gasteiger partial charge is 0.325 e. The molecule has 22 heavy (non-hydrogen) atoms. The van der Waals surface area contributed by atoms with Gasteiger partial charge in [0.05, 0.1) is 10.2 Å². The molecule has 0 aromatic heterocycles. The van der Waals surface area contributed by atoms with Crippen LogP contribution in [0.5, 0.6) is 0 Å². The van der Waals surface area contributed by atoms with Crippen molar-refractivity contribution in [3.8, 4) is 0 Å². The fourth-order valence-corrected chi connectivity index (χ4v) is 2.74. The number of nitrogens with one attached hydrogen (secondary N) is 1. The molecule has 1 N–H and O–H groups in total. The van der Waals surface area contributed by atoms with E-state index < -0.39 is 4.92 Å². The van der Waals surface area contributed by atoms with Crippen molar-refractivity contribution in [3.63, 3.8) is 0 Å². The number of carbonyl (C=O) groups is 1. The summed E-state index contributed by atoms with van der Waals surface area (Å²) in [6, 6.07) is 13.8. The van der Waals surface area contributed by atoms with E-state index in [1.165, 1.54) is 23.9 Å². The van der Waals surface area contributed by atoms with Gasteiger partial charge in [0.1, 0.15) is 0 Å². The van der Waals surface area contributed by atoms with Gasteiger partial charge in [0.2, 0.25) is 5.91 Å². The van der Waals surface area contributed by atoms with Gasteiger partial charge in [0.25, 0.3) is 5.69 Å². The predicted octanol–water partition coefficient (Wildman–Crippen LogP) is 4.02. The molecule has 114 valence electrons. The highest BCUT2D eigenvalue weighted by molar-refractivity contribution is 8.00. The number of rotatable bonds is 5. The molecule has 0 spiro atoms. The van der Waals surface area contributed by atoms with Crippen LogP contribution in [0.1, 0.15) is 12.5 Å². The smallest absolute Gasteiger partial charge is 0.269 e. The Morgan fingerprint density at radius 1 is 1.23 bits per heavy atom. The number of hydrogen-bond donors (Lipinski definition) is 1. The fraction of sp³-hybridized carbons (Fsp3) is 0.188. The number of hydrogen-bond acceptors (Lipinski definition) is 4. The van der Waals surface area contributed by atoms with Gasteiger partial charge in [-0.1, -0.05) is 12.1 Å². The third kappa shape index (κ3) is 4.33. The Morgan fingerprint density at radius 3 is 2.50 bits per heavy atom. The number of carbonyl (C=O) groups excluding carboxylic acids is 1. The summed E-state index contributed by atoms with van der Waals surface area (Å²) in [5.74, 6) is -0.103. The molecule has 5 nitrogen and oxygen atoms in total. The first-order valence-corrected chi connectivity index (χ1v) is 7.62. The lowest BCUT2D eigenvalue weighted by Crippen LogP contribution is -2.22. The predicted molar refractivity (Wildman–Crippen MR) is 88.2 cm³/mol. The summed E-state index contributed by atoms with van der Waals surface area (Å²) in [5, 5.41) is 13.2. The highest BCUT2D eigenvalue weighted by Gasteiger charge is 2.15. The minimum atomic E-state index is -0.442. The molecule has 0 aliphatic rings. The third-order valence-electron chi connectivity index (χ3n) is 3.02. The second kappa shape index (κ2) is 7.09. The van der Waals surface area contributed by atoms with Gasteiger partial charge in [-0.15, -0.1) is 11.8 Å². The molecule has 0 saturated carbocycles. The monoisotopic (exact) mass is 316 g/mol. The van der Waals surface area contributed by atoms with Crippen LogP contribution in [0.4, 0.5) is 11.4 Å². The van der Waals surface area contributed by atoms with Crippen molar-refractivity contribution in [3.05, 3.63) is 64.2 Å². The van der Waals surface area contributed by atoms with Gasteiger partial charge in [-0.3, -0.25) is 14.9 Å². The van der Waals surface area contributed by atoms with Crippen molar-refractivity contribution in [2.75, 3.05) is 5.32 Å². The van der Waals surface area contributed by atoms with Crippen LogP contribution < -0.4 is 5.32 Å².